The van der Waals surface area contributed by atoms with Crippen LogP contribution in [0.5, 0.6) is 0 Å². The third-order valence-corrected chi connectivity index (χ3v) is 4.52. The number of halogens is 1. The van der Waals surface area contributed by atoms with Crippen LogP contribution in [0.3, 0.4) is 0 Å². The van der Waals surface area contributed by atoms with E-state index in [-0.39, 0.29) is 5.92 Å². The molecule has 1 saturated carbocycles. The minimum atomic E-state index is 0.242. The Morgan fingerprint density at radius 2 is 1.78 bits per heavy atom. The molecule has 0 unspecified atom stereocenters. The fraction of sp³-hybridized carbons (Fsp3) is 0.933. The lowest BCUT2D eigenvalue weighted by atomic mass is 9.69. The Bertz CT molecular complexity index is 264. The molecule has 0 N–H and O–H groups in total. The minimum Gasteiger partial charge on any atom is -0.342 e. The number of hydrogen-bond donors (Lipinski definition) is 0. The molecule has 0 aliphatic heterocycles. The van der Waals surface area contributed by atoms with Crippen LogP contribution in [0.15, 0.2) is 0 Å². The first kappa shape index (κ1) is 15.8. The molecule has 1 fully saturated rings. The molecule has 0 bridgehead atoms. The van der Waals surface area contributed by atoms with Gasteiger partial charge in [-0.2, -0.15) is 0 Å². The van der Waals surface area contributed by atoms with Crippen LogP contribution in [0, 0.1) is 17.3 Å². The highest BCUT2D eigenvalue weighted by Crippen LogP contribution is 2.40. The van der Waals surface area contributed by atoms with E-state index in [0.717, 1.165) is 25.3 Å². The van der Waals surface area contributed by atoms with Crippen molar-refractivity contribution >= 4 is 17.5 Å². The molecule has 1 aliphatic carbocycles. The van der Waals surface area contributed by atoms with Crippen molar-refractivity contribution in [1.29, 1.82) is 0 Å². The molecule has 0 aromatic carbocycles. The van der Waals surface area contributed by atoms with Crippen molar-refractivity contribution in [2.24, 2.45) is 17.3 Å². The van der Waals surface area contributed by atoms with Crippen LogP contribution >= 0.6 is 11.6 Å². The zero-order chi connectivity index (χ0) is 13.8. The molecular weight excluding hydrogens is 246 g/mol. The van der Waals surface area contributed by atoms with Crippen molar-refractivity contribution in [2.45, 2.75) is 53.4 Å². The first-order valence-electron chi connectivity index (χ1n) is 7.24. The molecule has 0 heterocycles. The largest absolute Gasteiger partial charge is 0.342 e. The maximum absolute atomic E-state index is 12.3. The predicted molar refractivity (Wildman–Crippen MR) is 77.9 cm³/mol. The van der Waals surface area contributed by atoms with Gasteiger partial charge < -0.3 is 4.90 Å². The second-order valence-corrected chi connectivity index (χ2v) is 6.90. The van der Waals surface area contributed by atoms with Crippen molar-refractivity contribution in [3.05, 3.63) is 0 Å². The molecule has 0 radical (unpaired) electrons. The van der Waals surface area contributed by atoms with E-state index < -0.39 is 0 Å². The Labute approximate surface area is 117 Å². The molecule has 0 saturated heterocycles. The van der Waals surface area contributed by atoms with E-state index >= 15 is 0 Å². The minimum absolute atomic E-state index is 0.242. The zero-order valence-electron chi connectivity index (χ0n) is 12.3. The second kappa shape index (κ2) is 6.79. The molecule has 18 heavy (non-hydrogen) atoms. The number of hydrogen-bond acceptors (Lipinski definition) is 1. The topological polar surface area (TPSA) is 20.3 Å². The van der Waals surface area contributed by atoms with Gasteiger partial charge in [-0.1, -0.05) is 20.8 Å². The number of carbonyl (C=O) groups is 1. The van der Waals surface area contributed by atoms with E-state index in [1.807, 2.05) is 11.8 Å². The average molecular weight is 274 g/mol. The van der Waals surface area contributed by atoms with Crippen molar-refractivity contribution < 1.29 is 4.79 Å². The predicted octanol–water partition coefficient (Wildman–Crippen LogP) is 3.93. The number of amides is 1. The molecule has 0 aromatic rings. The van der Waals surface area contributed by atoms with E-state index in [1.54, 1.807) is 0 Å². The van der Waals surface area contributed by atoms with Gasteiger partial charge in [0, 0.05) is 24.9 Å². The van der Waals surface area contributed by atoms with Crippen molar-refractivity contribution in [1.82, 2.24) is 4.90 Å². The molecule has 2 nitrogen and oxygen atoms in total. The quantitative estimate of drug-likeness (QED) is 0.711. The van der Waals surface area contributed by atoms with Gasteiger partial charge in [0.25, 0.3) is 0 Å². The van der Waals surface area contributed by atoms with Gasteiger partial charge in [0.1, 0.15) is 0 Å². The molecule has 0 atom stereocenters. The summed E-state index contributed by atoms with van der Waals surface area (Å²) in [6.45, 7) is 10.4. The van der Waals surface area contributed by atoms with Gasteiger partial charge in [-0.15, -0.1) is 11.6 Å². The summed E-state index contributed by atoms with van der Waals surface area (Å²) in [6, 6.07) is 0. The smallest absolute Gasteiger partial charge is 0.225 e. The van der Waals surface area contributed by atoms with Crippen molar-refractivity contribution in [3.8, 4) is 0 Å². The van der Waals surface area contributed by atoms with Gasteiger partial charge in [0.2, 0.25) is 5.91 Å². The van der Waals surface area contributed by atoms with Crippen LogP contribution in [-0.2, 0) is 4.79 Å². The monoisotopic (exact) mass is 273 g/mol. The summed E-state index contributed by atoms with van der Waals surface area (Å²) in [5, 5.41) is 0. The molecule has 0 spiro atoms. The van der Waals surface area contributed by atoms with Gasteiger partial charge in [0.15, 0.2) is 0 Å². The molecule has 1 rings (SSSR count). The van der Waals surface area contributed by atoms with Crippen LogP contribution in [0.1, 0.15) is 53.4 Å². The van der Waals surface area contributed by atoms with E-state index in [2.05, 4.69) is 20.8 Å². The highest BCUT2D eigenvalue weighted by atomic mass is 35.5. The van der Waals surface area contributed by atoms with Gasteiger partial charge in [-0.05, 0) is 43.9 Å². The summed E-state index contributed by atoms with van der Waals surface area (Å²) in [6.07, 6.45) is 4.50. The highest BCUT2D eigenvalue weighted by Gasteiger charge is 2.33. The van der Waals surface area contributed by atoms with Gasteiger partial charge >= 0.3 is 0 Å². The summed E-state index contributed by atoms with van der Waals surface area (Å²) in [5.41, 5.74) is 0.384. The maximum Gasteiger partial charge on any atom is 0.225 e. The third kappa shape index (κ3) is 4.15. The standard InChI is InChI=1S/C15H28ClNO/c1-5-17(11-10-16)14(18)12-6-8-13(9-7-12)15(2,3)4/h12-13H,5-11H2,1-4H3. The maximum atomic E-state index is 12.3. The highest BCUT2D eigenvalue weighted by molar-refractivity contribution is 6.18. The first-order chi connectivity index (χ1) is 8.40. The normalized spacial score (nSPS) is 24.9. The summed E-state index contributed by atoms with van der Waals surface area (Å²) in [5.74, 6) is 1.87. The van der Waals surface area contributed by atoms with E-state index in [9.17, 15) is 4.79 Å². The SMILES string of the molecule is CCN(CCCl)C(=O)C1CCC(C(C)(C)C)CC1. The number of carbonyl (C=O) groups excluding carboxylic acids is 1. The second-order valence-electron chi connectivity index (χ2n) is 6.52. The summed E-state index contributed by atoms with van der Waals surface area (Å²) in [4.78, 5) is 14.3. The molecule has 1 aliphatic rings. The summed E-state index contributed by atoms with van der Waals surface area (Å²) in [7, 11) is 0. The average Bonchev–Trinajstić information content (AvgIpc) is 2.34. The van der Waals surface area contributed by atoms with Gasteiger partial charge in [0.05, 0.1) is 0 Å². The molecule has 3 heteroatoms. The summed E-state index contributed by atoms with van der Waals surface area (Å²) >= 11 is 5.75. The van der Waals surface area contributed by atoms with E-state index in [1.165, 1.54) is 12.8 Å². The van der Waals surface area contributed by atoms with E-state index in [0.29, 0.717) is 23.7 Å². The van der Waals surface area contributed by atoms with E-state index in [4.69, 9.17) is 11.6 Å². The Kier molecular flexibility index (Phi) is 5.97. The Balaban J connectivity index is 2.49. The Morgan fingerprint density at radius 1 is 1.22 bits per heavy atom. The lowest BCUT2D eigenvalue weighted by molar-refractivity contribution is -0.136. The van der Waals surface area contributed by atoms with Gasteiger partial charge in [-0.25, -0.2) is 0 Å². The molecule has 106 valence electrons. The van der Waals surface area contributed by atoms with Crippen molar-refractivity contribution in [3.63, 3.8) is 0 Å². The summed E-state index contributed by atoms with van der Waals surface area (Å²) < 4.78 is 0. The molecular formula is C15H28ClNO. The first-order valence-corrected chi connectivity index (χ1v) is 7.78. The molecule has 0 aromatic heterocycles. The Hall–Kier alpha value is -0.240. The third-order valence-electron chi connectivity index (χ3n) is 4.35. The van der Waals surface area contributed by atoms with Crippen LogP contribution in [0.25, 0.3) is 0 Å². The fourth-order valence-corrected chi connectivity index (χ4v) is 3.19. The van der Waals surface area contributed by atoms with Crippen LogP contribution in [0.4, 0.5) is 0 Å². The van der Waals surface area contributed by atoms with Crippen molar-refractivity contribution in [2.75, 3.05) is 19.0 Å². The molecule has 1 amide bonds. The zero-order valence-corrected chi connectivity index (χ0v) is 13.1. The lowest BCUT2D eigenvalue weighted by Gasteiger charge is -2.37. The van der Waals surface area contributed by atoms with Crippen LogP contribution < -0.4 is 0 Å². The fourth-order valence-electron chi connectivity index (χ4n) is 2.99. The number of nitrogens with zero attached hydrogens (tertiary/aromatic N) is 1. The van der Waals surface area contributed by atoms with Crippen LogP contribution in [-0.4, -0.2) is 29.8 Å². The van der Waals surface area contributed by atoms with Gasteiger partial charge in [-0.3, -0.25) is 4.79 Å². The number of rotatable bonds is 4. The number of alkyl halides is 1. The lowest BCUT2D eigenvalue weighted by Crippen LogP contribution is -2.39. The Morgan fingerprint density at radius 3 is 2.17 bits per heavy atom. The van der Waals surface area contributed by atoms with Crippen LogP contribution in [0.2, 0.25) is 0 Å².